The molecule has 0 aromatic carbocycles. The molecule has 1 heterocycles. The fourth-order valence-electron chi connectivity index (χ4n) is 7.58. The van der Waals surface area contributed by atoms with Gasteiger partial charge in [-0.1, -0.05) is 162 Å². The second-order valence-corrected chi connectivity index (χ2v) is 16.0. The van der Waals surface area contributed by atoms with Crippen LogP contribution in [0.2, 0.25) is 0 Å². The van der Waals surface area contributed by atoms with Crippen molar-refractivity contribution in [3.8, 4) is 0 Å². The first kappa shape index (κ1) is 48.4. The number of ether oxygens (including phenoxy) is 2. The van der Waals surface area contributed by atoms with Crippen LogP contribution in [0.15, 0.2) is 0 Å². The molecule has 0 saturated carbocycles. The summed E-state index contributed by atoms with van der Waals surface area (Å²) >= 11 is 0. The first-order valence-corrected chi connectivity index (χ1v) is 22.7. The maximum Gasteiger partial charge on any atom is 0.306 e. The first-order valence-electron chi connectivity index (χ1n) is 22.7. The van der Waals surface area contributed by atoms with Crippen molar-refractivity contribution in [2.45, 2.75) is 245 Å². The summed E-state index contributed by atoms with van der Waals surface area (Å²) in [5.41, 5.74) is 0. The van der Waals surface area contributed by atoms with Crippen molar-refractivity contribution in [2.24, 2.45) is 5.92 Å². The third kappa shape index (κ3) is 27.0. The van der Waals surface area contributed by atoms with Gasteiger partial charge in [-0.2, -0.15) is 0 Å². The molecule has 2 atom stereocenters. The van der Waals surface area contributed by atoms with Crippen LogP contribution >= 0.6 is 0 Å². The Hall–Kier alpha value is -1.63. The molecule has 306 valence electrons. The van der Waals surface area contributed by atoms with Crippen molar-refractivity contribution in [2.75, 3.05) is 19.7 Å². The SMILES string of the molecule is CCCCCCCCCCCOC(=O)CCCCN1CC(O)C(CCCCCCCC(=O)OC(CCCCCCCC)CCCCCCCC)C1=O. The number of nitrogens with zero attached hydrogens (tertiary/aromatic N) is 1. The first-order chi connectivity index (χ1) is 25.4. The van der Waals surface area contributed by atoms with Gasteiger partial charge < -0.3 is 19.5 Å². The quantitative estimate of drug-likeness (QED) is 0.0501. The summed E-state index contributed by atoms with van der Waals surface area (Å²) < 4.78 is 11.4. The second-order valence-electron chi connectivity index (χ2n) is 16.0. The number of carbonyl (C=O) groups excluding carboxylic acids is 3. The van der Waals surface area contributed by atoms with E-state index in [1.54, 1.807) is 4.90 Å². The van der Waals surface area contributed by atoms with Gasteiger partial charge in [0.15, 0.2) is 0 Å². The summed E-state index contributed by atoms with van der Waals surface area (Å²) in [4.78, 5) is 39.5. The number of hydrogen-bond donors (Lipinski definition) is 1. The Morgan fingerprint density at radius 3 is 1.60 bits per heavy atom. The number of hydrogen-bond acceptors (Lipinski definition) is 6. The van der Waals surface area contributed by atoms with Crippen LogP contribution in [-0.4, -0.2) is 59.8 Å². The van der Waals surface area contributed by atoms with Crippen molar-refractivity contribution in [3.05, 3.63) is 0 Å². The van der Waals surface area contributed by atoms with Crippen molar-refractivity contribution in [1.82, 2.24) is 4.90 Å². The number of rotatable bonds is 38. The number of β-amino-alcohol motifs (C(OH)–C–C–N with tert-alkyl or cyclic N) is 1. The van der Waals surface area contributed by atoms with Gasteiger partial charge in [0, 0.05) is 25.9 Å². The fraction of sp³-hybridized carbons (Fsp3) is 0.933. The van der Waals surface area contributed by atoms with Gasteiger partial charge in [0.2, 0.25) is 5.91 Å². The minimum Gasteiger partial charge on any atom is -0.466 e. The largest absolute Gasteiger partial charge is 0.466 e. The van der Waals surface area contributed by atoms with E-state index >= 15 is 0 Å². The molecule has 0 radical (unpaired) electrons. The molecule has 1 aliphatic heterocycles. The van der Waals surface area contributed by atoms with Crippen LogP contribution in [0.4, 0.5) is 0 Å². The summed E-state index contributed by atoms with van der Waals surface area (Å²) in [5.74, 6) is -0.433. The van der Waals surface area contributed by atoms with Crippen LogP contribution in [-0.2, 0) is 23.9 Å². The number of aliphatic hydroxyl groups is 1. The molecule has 7 heteroatoms. The maximum atomic E-state index is 13.0. The number of unbranched alkanes of at least 4 members (excludes halogenated alkanes) is 23. The number of aliphatic hydroxyl groups excluding tert-OH is 1. The van der Waals surface area contributed by atoms with E-state index in [1.807, 2.05) is 0 Å². The third-order valence-electron chi connectivity index (χ3n) is 11.0. The molecule has 0 bridgehead atoms. The van der Waals surface area contributed by atoms with Gasteiger partial charge in [-0.3, -0.25) is 14.4 Å². The van der Waals surface area contributed by atoms with E-state index in [0.29, 0.717) is 45.4 Å². The minimum atomic E-state index is -0.607. The molecule has 1 amide bonds. The van der Waals surface area contributed by atoms with Crippen LogP contribution in [0, 0.1) is 5.92 Å². The highest BCUT2D eigenvalue weighted by Gasteiger charge is 2.38. The molecular formula is C45H85NO6. The van der Waals surface area contributed by atoms with E-state index in [1.165, 1.54) is 109 Å². The van der Waals surface area contributed by atoms with Crippen LogP contribution in [0.25, 0.3) is 0 Å². The molecule has 1 rings (SSSR count). The molecule has 1 aliphatic rings. The smallest absolute Gasteiger partial charge is 0.306 e. The lowest BCUT2D eigenvalue weighted by Gasteiger charge is -2.18. The summed E-state index contributed by atoms with van der Waals surface area (Å²) in [6, 6.07) is 0. The summed E-state index contributed by atoms with van der Waals surface area (Å²) in [6.45, 7) is 8.24. The van der Waals surface area contributed by atoms with Gasteiger partial charge in [0.05, 0.1) is 18.6 Å². The maximum absolute atomic E-state index is 13.0. The van der Waals surface area contributed by atoms with Crippen molar-refractivity contribution in [1.29, 1.82) is 0 Å². The predicted molar refractivity (Wildman–Crippen MR) is 216 cm³/mol. The molecule has 1 N–H and O–H groups in total. The zero-order valence-electron chi connectivity index (χ0n) is 34.6. The lowest BCUT2D eigenvalue weighted by molar-refractivity contribution is -0.150. The monoisotopic (exact) mass is 736 g/mol. The van der Waals surface area contributed by atoms with Gasteiger partial charge in [-0.15, -0.1) is 0 Å². The highest BCUT2D eigenvalue weighted by Crippen LogP contribution is 2.25. The Morgan fingerprint density at radius 2 is 1.04 bits per heavy atom. The zero-order valence-corrected chi connectivity index (χ0v) is 34.6. The molecule has 1 fully saturated rings. The lowest BCUT2D eigenvalue weighted by Crippen LogP contribution is -2.28. The van der Waals surface area contributed by atoms with Gasteiger partial charge in [0.25, 0.3) is 0 Å². The van der Waals surface area contributed by atoms with Crippen LogP contribution in [0.5, 0.6) is 0 Å². The van der Waals surface area contributed by atoms with Crippen molar-refractivity contribution < 1.29 is 29.0 Å². The predicted octanol–water partition coefficient (Wildman–Crippen LogP) is 12.2. The molecule has 2 unspecified atom stereocenters. The molecule has 52 heavy (non-hydrogen) atoms. The number of esters is 2. The second kappa shape index (κ2) is 35.1. The highest BCUT2D eigenvalue weighted by atomic mass is 16.5. The highest BCUT2D eigenvalue weighted by molar-refractivity contribution is 5.81. The van der Waals surface area contributed by atoms with E-state index in [9.17, 15) is 19.5 Å². The van der Waals surface area contributed by atoms with Crippen LogP contribution < -0.4 is 0 Å². The Balaban J connectivity index is 2.13. The number of carbonyl (C=O) groups is 3. The van der Waals surface area contributed by atoms with Gasteiger partial charge in [-0.05, 0) is 57.8 Å². The third-order valence-corrected chi connectivity index (χ3v) is 11.0. The van der Waals surface area contributed by atoms with Crippen molar-refractivity contribution >= 4 is 17.8 Å². The van der Waals surface area contributed by atoms with Crippen molar-refractivity contribution in [3.63, 3.8) is 0 Å². The molecule has 0 aliphatic carbocycles. The van der Waals surface area contributed by atoms with E-state index in [4.69, 9.17) is 9.47 Å². The molecule has 1 saturated heterocycles. The normalized spacial score (nSPS) is 15.9. The summed E-state index contributed by atoms with van der Waals surface area (Å²) in [7, 11) is 0. The molecule has 0 spiro atoms. The van der Waals surface area contributed by atoms with Gasteiger partial charge in [-0.25, -0.2) is 0 Å². The Morgan fingerprint density at radius 1 is 0.596 bits per heavy atom. The van der Waals surface area contributed by atoms with Gasteiger partial charge in [0.1, 0.15) is 6.10 Å². The Labute approximate surface area is 321 Å². The minimum absolute atomic E-state index is 0.0345. The summed E-state index contributed by atoms with van der Waals surface area (Å²) in [5, 5.41) is 10.6. The number of likely N-dealkylation sites (tertiary alicyclic amines) is 1. The molecule has 7 nitrogen and oxygen atoms in total. The fourth-order valence-corrected chi connectivity index (χ4v) is 7.58. The topological polar surface area (TPSA) is 93.1 Å². The molecule has 0 aromatic heterocycles. The van der Waals surface area contributed by atoms with Crippen LogP contribution in [0.1, 0.15) is 233 Å². The Bertz CT molecular complexity index is 834. The van der Waals surface area contributed by atoms with E-state index in [2.05, 4.69) is 20.8 Å². The van der Waals surface area contributed by atoms with Crippen LogP contribution in [0.3, 0.4) is 0 Å². The van der Waals surface area contributed by atoms with E-state index in [-0.39, 0.29) is 29.9 Å². The Kier molecular flexibility index (Phi) is 32.7. The lowest BCUT2D eigenvalue weighted by atomic mass is 9.97. The van der Waals surface area contributed by atoms with E-state index < -0.39 is 6.10 Å². The summed E-state index contributed by atoms with van der Waals surface area (Å²) in [6.07, 6.45) is 35.7. The average Bonchev–Trinajstić information content (AvgIpc) is 3.40. The standard InChI is InChI=1S/C45H85NO6/c1-4-7-10-13-16-17-18-24-31-38-51-43(48)35-29-30-37-46-39-42(47)41(45(46)50)34-27-22-19-23-28-36-44(49)52-40(32-25-20-14-11-8-5-2)33-26-21-15-12-9-6-3/h40-42,47H,4-39H2,1-3H3. The van der Waals surface area contributed by atoms with E-state index in [0.717, 1.165) is 77.0 Å². The van der Waals surface area contributed by atoms with Gasteiger partial charge >= 0.3 is 11.9 Å². The molecule has 0 aromatic rings. The molecular weight excluding hydrogens is 650 g/mol. The number of amides is 1. The zero-order chi connectivity index (χ0) is 37.9. The average molecular weight is 736 g/mol.